The summed E-state index contributed by atoms with van der Waals surface area (Å²) in [5.41, 5.74) is 6.66. The van der Waals surface area contributed by atoms with Crippen LogP contribution in [0.25, 0.3) is 0 Å². The molecule has 0 saturated carbocycles. The van der Waals surface area contributed by atoms with Crippen molar-refractivity contribution < 1.29 is 19.1 Å². The van der Waals surface area contributed by atoms with Gasteiger partial charge in [0, 0.05) is 34.3 Å². The molecule has 0 radical (unpaired) electrons. The molecule has 1 aliphatic heterocycles. The standard InChI is InChI=1S/C29H32ClNO4/c1-16-11-17(2)22(12-19(16)15-35-21-9-7-20(30)8-10-21)26-25(28(33)34-6)18(3)31-23-13-29(4,5)14-24(32)27(23)26/h7-12,26,31H,13-15H2,1-6H3/t26-/m1/s1. The highest BCUT2D eigenvalue weighted by molar-refractivity contribution is 6.30. The molecule has 2 aromatic carbocycles. The summed E-state index contributed by atoms with van der Waals surface area (Å²) in [5.74, 6) is -0.125. The molecule has 6 heteroatoms. The number of carbonyl (C=O) groups is 2. The quantitative estimate of drug-likeness (QED) is 0.494. The van der Waals surface area contributed by atoms with Crippen molar-refractivity contribution in [2.24, 2.45) is 5.41 Å². The summed E-state index contributed by atoms with van der Waals surface area (Å²) in [6.45, 7) is 10.5. The van der Waals surface area contributed by atoms with Crippen LogP contribution in [0.1, 0.15) is 61.8 Å². The Labute approximate surface area is 212 Å². The van der Waals surface area contributed by atoms with Gasteiger partial charge in [-0.25, -0.2) is 4.79 Å². The van der Waals surface area contributed by atoms with E-state index in [-0.39, 0.29) is 11.2 Å². The van der Waals surface area contributed by atoms with Crippen LogP contribution < -0.4 is 10.1 Å². The van der Waals surface area contributed by atoms with E-state index in [2.05, 4.69) is 31.3 Å². The van der Waals surface area contributed by atoms with Gasteiger partial charge in [-0.15, -0.1) is 0 Å². The first-order chi connectivity index (χ1) is 16.5. The highest BCUT2D eigenvalue weighted by Gasteiger charge is 2.43. The number of esters is 1. The van der Waals surface area contributed by atoms with E-state index in [1.54, 1.807) is 12.1 Å². The molecule has 0 bridgehead atoms. The molecule has 0 amide bonds. The van der Waals surface area contributed by atoms with Crippen molar-refractivity contribution in [1.29, 1.82) is 0 Å². The Morgan fingerprint density at radius 1 is 1.09 bits per heavy atom. The summed E-state index contributed by atoms with van der Waals surface area (Å²) in [4.78, 5) is 26.5. The van der Waals surface area contributed by atoms with Crippen molar-refractivity contribution in [2.45, 2.75) is 60.0 Å². The molecule has 35 heavy (non-hydrogen) atoms. The lowest BCUT2D eigenvalue weighted by atomic mass is 9.68. The van der Waals surface area contributed by atoms with E-state index >= 15 is 0 Å². The van der Waals surface area contributed by atoms with Gasteiger partial charge in [-0.05, 0) is 79.1 Å². The van der Waals surface area contributed by atoms with Gasteiger partial charge in [0.05, 0.1) is 12.7 Å². The van der Waals surface area contributed by atoms with E-state index in [0.29, 0.717) is 29.2 Å². The number of Topliss-reactive ketones (excluding diaryl/α,β-unsaturated/α-hetero) is 1. The molecule has 0 aromatic heterocycles. The fourth-order valence-electron chi connectivity index (χ4n) is 5.20. The van der Waals surface area contributed by atoms with Crippen LogP contribution in [0, 0.1) is 19.3 Å². The van der Waals surface area contributed by atoms with Crippen LogP contribution in [0.15, 0.2) is 58.9 Å². The lowest BCUT2D eigenvalue weighted by Gasteiger charge is -2.39. The van der Waals surface area contributed by atoms with Gasteiger partial charge in [-0.2, -0.15) is 0 Å². The van der Waals surface area contributed by atoms with E-state index in [1.807, 2.05) is 32.9 Å². The number of hydrogen-bond donors (Lipinski definition) is 1. The maximum atomic E-state index is 13.5. The van der Waals surface area contributed by atoms with Crippen molar-refractivity contribution in [2.75, 3.05) is 7.11 Å². The summed E-state index contributed by atoms with van der Waals surface area (Å²) in [6, 6.07) is 11.4. The average molecular weight is 494 g/mol. The number of rotatable bonds is 5. The molecule has 1 heterocycles. The molecule has 0 fully saturated rings. The Morgan fingerprint density at radius 3 is 2.43 bits per heavy atom. The first-order valence-electron chi connectivity index (χ1n) is 11.8. The van der Waals surface area contributed by atoms with Crippen molar-refractivity contribution >= 4 is 23.4 Å². The zero-order chi connectivity index (χ0) is 25.5. The van der Waals surface area contributed by atoms with Crippen LogP contribution in [0.4, 0.5) is 0 Å². The number of methoxy groups -OCH3 is 1. The van der Waals surface area contributed by atoms with Gasteiger partial charge >= 0.3 is 5.97 Å². The molecular formula is C29H32ClNO4. The zero-order valence-corrected chi connectivity index (χ0v) is 21.9. The molecule has 0 spiro atoms. The van der Waals surface area contributed by atoms with Crippen LogP contribution in [0.3, 0.4) is 0 Å². The second-order valence-electron chi connectivity index (χ2n) is 10.3. The molecule has 0 saturated heterocycles. The molecule has 1 aliphatic carbocycles. The Morgan fingerprint density at radius 2 is 1.77 bits per heavy atom. The number of carbonyl (C=O) groups excluding carboxylic acids is 2. The van der Waals surface area contributed by atoms with Crippen molar-refractivity contribution in [3.63, 3.8) is 0 Å². The Hall–Kier alpha value is -3.05. The second-order valence-corrected chi connectivity index (χ2v) is 10.7. The molecule has 0 unspecified atom stereocenters. The maximum absolute atomic E-state index is 13.5. The third kappa shape index (κ3) is 5.01. The molecular weight excluding hydrogens is 462 g/mol. The summed E-state index contributed by atoms with van der Waals surface area (Å²) in [6.07, 6.45) is 1.18. The number of aryl methyl sites for hydroxylation is 2. The van der Waals surface area contributed by atoms with E-state index in [1.165, 1.54) is 7.11 Å². The number of ketones is 1. The topological polar surface area (TPSA) is 64.6 Å². The van der Waals surface area contributed by atoms with Gasteiger partial charge in [0.1, 0.15) is 12.4 Å². The summed E-state index contributed by atoms with van der Waals surface area (Å²) < 4.78 is 11.2. The Bertz CT molecular complexity index is 1250. The highest BCUT2D eigenvalue weighted by Crippen LogP contribution is 2.47. The monoisotopic (exact) mass is 493 g/mol. The Balaban J connectivity index is 1.81. The third-order valence-corrected chi connectivity index (χ3v) is 7.14. The second kappa shape index (κ2) is 9.54. The van der Waals surface area contributed by atoms with Crippen molar-refractivity contribution in [3.05, 3.63) is 86.2 Å². The SMILES string of the molecule is COC(=O)C1=C(C)NC2=C(C(=O)CC(C)(C)C2)[C@@H]1c1cc(COc2ccc(Cl)cc2)c(C)cc1C. The van der Waals surface area contributed by atoms with Gasteiger partial charge in [0.15, 0.2) is 5.78 Å². The van der Waals surface area contributed by atoms with Crippen LogP contribution in [0.2, 0.25) is 5.02 Å². The molecule has 1 atom stereocenters. The number of benzene rings is 2. The molecule has 2 aliphatic rings. The predicted molar refractivity (Wildman–Crippen MR) is 137 cm³/mol. The highest BCUT2D eigenvalue weighted by atomic mass is 35.5. The average Bonchev–Trinajstić information content (AvgIpc) is 2.77. The molecule has 4 rings (SSSR count). The van der Waals surface area contributed by atoms with Crippen LogP contribution in [-0.2, 0) is 20.9 Å². The smallest absolute Gasteiger partial charge is 0.336 e. The summed E-state index contributed by atoms with van der Waals surface area (Å²) in [5, 5.41) is 4.02. The number of nitrogens with one attached hydrogen (secondary N) is 1. The van der Waals surface area contributed by atoms with Gasteiger partial charge in [-0.3, -0.25) is 4.79 Å². The minimum Gasteiger partial charge on any atom is -0.489 e. The van der Waals surface area contributed by atoms with E-state index in [4.69, 9.17) is 21.1 Å². The van der Waals surface area contributed by atoms with E-state index in [0.717, 1.165) is 45.8 Å². The van der Waals surface area contributed by atoms with E-state index in [9.17, 15) is 9.59 Å². The van der Waals surface area contributed by atoms with Crippen LogP contribution in [0.5, 0.6) is 5.75 Å². The van der Waals surface area contributed by atoms with Gasteiger partial charge in [-0.1, -0.05) is 37.6 Å². The van der Waals surface area contributed by atoms with E-state index < -0.39 is 11.9 Å². The van der Waals surface area contributed by atoms with Crippen LogP contribution >= 0.6 is 11.6 Å². The van der Waals surface area contributed by atoms with Crippen molar-refractivity contribution in [3.8, 4) is 5.75 Å². The number of dihydropyridines is 1. The molecule has 184 valence electrons. The largest absolute Gasteiger partial charge is 0.489 e. The first-order valence-corrected chi connectivity index (χ1v) is 12.2. The maximum Gasteiger partial charge on any atom is 0.336 e. The third-order valence-electron chi connectivity index (χ3n) is 6.89. The van der Waals surface area contributed by atoms with Gasteiger partial charge in [0.25, 0.3) is 0 Å². The summed E-state index contributed by atoms with van der Waals surface area (Å²) >= 11 is 5.99. The lowest BCUT2D eigenvalue weighted by molar-refractivity contribution is -0.136. The normalized spacial score (nSPS) is 19.3. The first kappa shape index (κ1) is 25.1. The van der Waals surface area contributed by atoms with Crippen LogP contribution in [-0.4, -0.2) is 18.9 Å². The Kier molecular flexibility index (Phi) is 6.83. The van der Waals surface area contributed by atoms with Crippen molar-refractivity contribution in [1.82, 2.24) is 5.32 Å². The number of hydrogen-bond acceptors (Lipinski definition) is 5. The molecule has 5 nitrogen and oxygen atoms in total. The number of halogens is 1. The minimum absolute atomic E-state index is 0.0709. The number of allylic oxidation sites excluding steroid dienone is 3. The zero-order valence-electron chi connectivity index (χ0n) is 21.2. The number of ether oxygens (including phenoxy) is 2. The minimum atomic E-state index is -0.489. The fourth-order valence-corrected chi connectivity index (χ4v) is 5.33. The predicted octanol–water partition coefficient (Wildman–Crippen LogP) is 6.31. The van der Waals surface area contributed by atoms with Gasteiger partial charge in [0.2, 0.25) is 0 Å². The summed E-state index contributed by atoms with van der Waals surface area (Å²) in [7, 11) is 1.38. The fraction of sp³-hybridized carbons (Fsp3) is 0.379. The molecule has 1 N–H and O–H groups in total. The molecule has 2 aromatic rings. The lowest BCUT2D eigenvalue weighted by Crippen LogP contribution is -2.38. The van der Waals surface area contributed by atoms with Gasteiger partial charge < -0.3 is 14.8 Å².